The van der Waals surface area contributed by atoms with Crippen molar-refractivity contribution in [1.82, 2.24) is 4.90 Å². The predicted octanol–water partition coefficient (Wildman–Crippen LogP) is 3.58. The molecular weight excluding hydrogens is 300 g/mol. The van der Waals surface area contributed by atoms with Crippen LogP contribution in [0.1, 0.15) is 38.7 Å². The summed E-state index contributed by atoms with van der Waals surface area (Å²) in [5.41, 5.74) is 7.90. The fraction of sp³-hybridized carbons (Fsp3) is 0.625. The van der Waals surface area contributed by atoms with Crippen molar-refractivity contribution >= 4 is 15.9 Å². The van der Waals surface area contributed by atoms with Crippen LogP contribution in [0.3, 0.4) is 0 Å². The molecule has 19 heavy (non-hydrogen) atoms. The molecule has 0 spiro atoms. The Kier molecular flexibility index (Phi) is 5.04. The van der Waals surface area contributed by atoms with Crippen molar-refractivity contribution < 1.29 is 0 Å². The van der Waals surface area contributed by atoms with E-state index in [1.165, 1.54) is 37.9 Å². The maximum absolute atomic E-state index is 6.50. The molecule has 106 valence electrons. The third-order valence-electron chi connectivity index (χ3n) is 4.45. The molecule has 2 N–H and O–H groups in total. The Bertz CT molecular complexity index is 394. The number of hydrogen-bond acceptors (Lipinski definition) is 2. The average molecular weight is 325 g/mol. The first kappa shape index (κ1) is 15.0. The van der Waals surface area contributed by atoms with Crippen LogP contribution in [0.5, 0.6) is 0 Å². The summed E-state index contributed by atoms with van der Waals surface area (Å²) in [5, 5.41) is 0. The normalized spacial score (nSPS) is 19.4. The van der Waals surface area contributed by atoms with E-state index in [2.05, 4.69) is 58.9 Å². The molecule has 1 heterocycles. The topological polar surface area (TPSA) is 29.3 Å². The lowest BCUT2D eigenvalue weighted by Gasteiger charge is -2.44. The van der Waals surface area contributed by atoms with Crippen LogP contribution in [-0.4, -0.2) is 29.6 Å². The minimum Gasteiger partial charge on any atom is -0.326 e. The van der Waals surface area contributed by atoms with E-state index >= 15 is 0 Å². The lowest BCUT2D eigenvalue weighted by atomic mass is 9.87. The molecule has 0 bridgehead atoms. The fourth-order valence-electron chi connectivity index (χ4n) is 2.83. The molecule has 1 unspecified atom stereocenters. The first-order chi connectivity index (χ1) is 9.00. The van der Waals surface area contributed by atoms with Gasteiger partial charge in [0.2, 0.25) is 0 Å². The summed E-state index contributed by atoms with van der Waals surface area (Å²) in [6, 6.07) is 8.69. The van der Waals surface area contributed by atoms with Crippen molar-refractivity contribution in [2.24, 2.45) is 5.73 Å². The molecule has 1 aromatic rings. The van der Waals surface area contributed by atoms with E-state index in [1.54, 1.807) is 0 Å². The zero-order chi connectivity index (χ0) is 13.9. The second-order valence-electron chi connectivity index (χ2n) is 6.14. The van der Waals surface area contributed by atoms with Crippen LogP contribution < -0.4 is 5.73 Å². The second kappa shape index (κ2) is 6.38. The molecule has 0 aliphatic carbocycles. The van der Waals surface area contributed by atoms with E-state index < -0.39 is 0 Å². The number of halogens is 1. The number of nitrogens with zero attached hydrogens (tertiary/aromatic N) is 1. The van der Waals surface area contributed by atoms with Gasteiger partial charge in [0.1, 0.15) is 0 Å². The average Bonchev–Trinajstić information content (AvgIpc) is 2.42. The third kappa shape index (κ3) is 3.80. The Labute approximate surface area is 125 Å². The Morgan fingerprint density at radius 1 is 1.16 bits per heavy atom. The molecule has 0 saturated carbocycles. The Morgan fingerprint density at radius 3 is 2.32 bits per heavy atom. The van der Waals surface area contributed by atoms with Crippen LogP contribution in [0.25, 0.3) is 0 Å². The Balaban J connectivity index is 2.00. The minimum atomic E-state index is 0.0769. The maximum Gasteiger partial charge on any atom is 0.0307 e. The lowest BCUT2D eigenvalue weighted by Crippen LogP contribution is -2.58. The van der Waals surface area contributed by atoms with Crippen molar-refractivity contribution in [1.29, 1.82) is 0 Å². The number of piperidine rings is 1. The van der Waals surface area contributed by atoms with E-state index in [1.807, 2.05) is 0 Å². The molecule has 2 nitrogen and oxygen atoms in total. The first-order valence-corrected chi connectivity index (χ1v) is 8.04. The van der Waals surface area contributed by atoms with Gasteiger partial charge >= 0.3 is 0 Å². The van der Waals surface area contributed by atoms with E-state index in [0.29, 0.717) is 0 Å². The van der Waals surface area contributed by atoms with E-state index in [4.69, 9.17) is 5.73 Å². The van der Waals surface area contributed by atoms with Crippen LogP contribution in [-0.2, 0) is 6.42 Å². The van der Waals surface area contributed by atoms with Gasteiger partial charge in [0, 0.05) is 16.1 Å². The van der Waals surface area contributed by atoms with Crippen LogP contribution in [0.2, 0.25) is 0 Å². The van der Waals surface area contributed by atoms with Gasteiger partial charge in [-0.15, -0.1) is 0 Å². The summed E-state index contributed by atoms with van der Waals surface area (Å²) in [6.07, 6.45) is 4.94. The summed E-state index contributed by atoms with van der Waals surface area (Å²) in [7, 11) is 0. The van der Waals surface area contributed by atoms with Gasteiger partial charge < -0.3 is 5.73 Å². The van der Waals surface area contributed by atoms with Crippen LogP contribution >= 0.6 is 15.9 Å². The number of nitrogens with two attached hydrogens (primary N) is 1. The molecule has 1 saturated heterocycles. The molecule has 1 fully saturated rings. The van der Waals surface area contributed by atoms with Crippen LogP contribution in [0.4, 0.5) is 0 Å². The molecule has 1 aliphatic heterocycles. The van der Waals surface area contributed by atoms with Gasteiger partial charge in [-0.25, -0.2) is 0 Å². The Hall–Kier alpha value is -0.380. The zero-order valence-electron chi connectivity index (χ0n) is 12.0. The summed E-state index contributed by atoms with van der Waals surface area (Å²) in [5.74, 6) is 0. The highest BCUT2D eigenvalue weighted by molar-refractivity contribution is 9.10. The molecule has 3 heteroatoms. The van der Waals surface area contributed by atoms with Gasteiger partial charge in [-0.05, 0) is 63.9 Å². The van der Waals surface area contributed by atoms with E-state index in [-0.39, 0.29) is 11.6 Å². The SMILES string of the molecule is CC(C)(C(N)Cc1ccc(Br)cc1)N1CCCCC1. The number of likely N-dealkylation sites (tertiary alicyclic amines) is 1. The van der Waals surface area contributed by atoms with E-state index in [0.717, 1.165) is 10.9 Å². The molecule has 2 rings (SSSR count). The smallest absolute Gasteiger partial charge is 0.0307 e. The van der Waals surface area contributed by atoms with Gasteiger partial charge in [0.05, 0.1) is 0 Å². The van der Waals surface area contributed by atoms with Gasteiger partial charge in [0.15, 0.2) is 0 Å². The molecule has 0 aromatic heterocycles. The van der Waals surface area contributed by atoms with Crippen molar-refractivity contribution in [2.45, 2.75) is 51.1 Å². The second-order valence-corrected chi connectivity index (χ2v) is 7.05. The first-order valence-electron chi connectivity index (χ1n) is 7.25. The van der Waals surface area contributed by atoms with Crippen LogP contribution in [0, 0.1) is 0 Å². The number of hydrogen-bond donors (Lipinski definition) is 1. The molecule has 1 aromatic carbocycles. The monoisotopic (exact) mass is 324 g/mol. The highest BCUT2D eigenvalue weighted by Crippen LogP contribution is 2.25. The maximum atomic E-state index is 6.50. The van der Waals surface area contributed by atoms with Gasteiger partial charge in [0.25, 0.3) is 0 Å². The molecule has 1 atom stereocenters. The molecule has 0 radical (unpaired) electrons. The van der Waals surface area contributed by atoms with Gasteiger partial charge in [-0.2, -0.15) is 0 Å². The predicted molar refractivity (Wildman–Crippen MR) is 85.3 cm³/mol. The minimum absolute atomic E-state index is 0.0769. The lowest BCUT2D eigenvalue weighted by molar-refractivity contribution is 0.0731. The van der Waals surface area contributed by atoms with Gasteiger partial charge in [-0.1, -0.05) is 34.5 Å². The largest absolute Gasteiger partial charge is 0.326 e. The summed E-state index contributed by atoms with van der Waals surface area (Å²) in [4.78, 5) is 2.57. The highest BCUT2D eigenvalue weighted by Gasteiger charge is 2.33. The number of benzene rings is 1. The quantitative estimate of drug-likeness (QED) is 0.917. The summed E-state index contributed by atoms with van der Waals surface area (Å²) >= 11 is 3.47. The standard InChI is InChI=1S/C16H25BrN2/c1-16(2,19-10-4-3-5-11-19)15(18)12-13-6-8-14(17)9-7-13/h6-9,15H,3-5,10-12,18H2,1-2H3. The number of rotatable bonds is 4. The van der Waals surface area contributed by atoms with Crippen molar-refractivity contribution in [3.8, 4) is 0 Å². The molecular formula is C16H25BrN2. The Morgan fingerprint density at radius 2 is 1.74 bits per heavy atom. The van der Waals surface area contributed by atoms with Gasteiger partial charge in [-0.3, -0.25) is 4.90 Å². The van der Waals surface area contributed by atoms with Crippen molar-refractivity contribution in [3.63, 3.8) is 0 Å². The van der Waals surface area contributed by atoms with E-state index in [9.17, 15) is 0 Å². The van der Waals surface area contributed by atoms with Crippen molar-refractivity contribution in [3.05, 3.63) is 34.3 Å². The zero-order valence-corrected chi connectivity index (χ0v) is 13.6. The fourth-order valence-corrected chi connectivity index (χ4v) is 3.09. The highest BCUT2D eigenvalue weighted by atomic mass is 79.9. The third-order valence-corrected chi connectivity index (χ3v) is 4.98. The summed E-state index contributed by atoms with van der Waals surface area (Å²) in [6.45, 7) is 6.98. The summed E-state index contributed by atoms with van der Waals surface area (Å²) < 4.78 is 1.13. The van der Waals surface area contributed by atoms with Crippen LogP contribution in [0.15, 0.2) is 28.7 Å². The molecule has 1 aliphatic rings. The molecule has 0 amide bonds. The van der Waals surface area contributed by atoms with Crippen molar-refractivity contribution in [2.75, 3.05) is 13.1 Å².